The van der Waals surface area contributed by atoms with Crippen LogP contribution in [0.1, 0.15) is 25.7 Å². The zero-order valence-electron chi connectivity index (χ0n) is 10.0. The van der Waals surface area contributed by atoms with Crippen molar-refractivity contribution in [2.75, 3.05) is 11.9 Å². The molecule has 1 aromatic rings. The molecule has 2 rings (SSSR count). The second kappa shape index (κ2) is 5.24. The van der Waals surface area contributed by atoms with E-state index in [4.69, 9.17) is 17.3 Å². The summed E-state index contributed by atoms with van der Waals surface area (Å²) in [6, 6.07) is 4.54. The molecule has 98 valence electrons. The van der Waals surface area contributed by atoms with E-state index in [-0.39, 0.29) is 22.0 Å². The number of nitrogens with one attached hydrogen (secondary N) is 1. The molecule has 0 aliphatic heterocycles. The van der Waals surface area contributed by atoms with Gasteiger partial charge in [0.15, 0.2) is 5.82 Å². The Balaban J connectivity index is 2.01. The van der Waals surface area contributed by atoms with Crippen molar-refractivity contribution in [3.8, 4) is 0 Å². The predicted octanol–water partition coefficient (Wildman–Crippen LogP) is 2.94. The zero-order valence-corrected chi connectivity index (χ0v) is 10.8. The molecule has 1 fully saturated rings. The summed E-state index contributed by atoms with van der Waals surface area (Å²) in [6.45, 7) is 0.498. The van der Waals surface area contributed by atoms with E-state index in [1.807, 2.05) is 0 Å². The van der Waals surface area contributed by atoms with Crippen molar-refractivity contribution in [2.24, 2.45) is 11.1 Å². The number of anilines is 1. The summed E-state index contributed by atoms with van der Waals surface area (Å²) >= 11 is 5.65. The third-order valence-corrected chi connectivity index (χ3v) is 3.90. The summed E-state index contributed by atoms with van der Waals surface area (Å²) in [6.07, 6.45) is 3.38. The van der Waals surface area contributed by atoms with Crippen LogP contribution < -0.4 is 11.1 Å². The number of nitrogens with two attached hydrogens (primary N) is 1. The molecule has 1 aliphatic carbocycles. The van der Waals surface area contributed by atoms with Gasteiger partial charge in [-0.25, -0.2) is 4.39 Å². The Kier molecular flexibility index (Phi) is 3.88. The normalized spacial score (nSPS) is 17.1. The Hall–Kier alpha value is -1.13. The van der Waals surface area contributed by atoms with Gasteiger partial charge in [-0.3, -0.25) is 4.79 Å². The van der Waals surface area contributed by atoms with Crippen LogP contribution in [0.25, 0.3) is 0 Å². The molecule has 0 radical (unpaired) electrons. The van der Waals surface area contributed by atoms with Gasteiger partial charge in [-0.2, -0.15) is 0 Å². The fourth-order valence-electron chi connectivity index (χ4n) is 2.27. The topological polar surface area (TPSA) is 55.1 Å². The van der Waals surface area contributed by atoms with Crippen LogP contribution in [-0.2, 0) is 4.79 Å². The van der Waals surface area contributed by atoms with Gasteiger partial charge in [0, 0.05) is 6.42 Å². The summed E-state index contributed by atoms with van der Waals surface area (Å²) in [5, 5.41) is 2.56. The fraction of sp³-hybridized carbons (Fsp3) is 0.462. The van der Waals surface area contributed by atoms with Crippen LogP contribution in [0.2, 0.25) is 5.02 Å². The third kappa shape index (κ3) is 2.65. The standard InChI is InChI=1S/C13H16ClFN2O/c14-9-3-1-4-10(12(9)15)17-11(18)7-13(8-16)5-2-6-13/h1,3-4H,2,5-8,16H2,(H,17,18). The lowest BCUT2D eigenvalue weighted by Crippen LogP contribution is -2.40. The number of halogens is 2. The molecular weight excluding hydrogens is 255 g/mol. The van der Waals surface area contributed by atoms with Crippen LogP contribution in [0.15, 0.2) is 18.2 Å². The molecular formula is C13H16ClFN2O. The van der Waals surface area contributed by atoms with E-state index < -0.39 is 5.82 Å². The first-order valence-electron chi connectivity index (χ1n) is 6.00. The monoisotopic (exact) mass is 270 g/mol. The average molecular weight is 271 g/mol. The van der Waals surface area contributed by atoms with Crippen LogP contribution in [0, 0.1) is 11.2 Å². The molecule has 3 nitrogen and oxygen atoms in total. The van der Waals surface area contributed by atoms with Crippen LogP contribution in [-0.4, -0.2) is 12.5 Å². The lowest BCUT2D eigenvalue weighted by atomic mass is 9.66. The van der Waals surface area contributed by atoms with E-state index in [9.17, 15) is 9.18 Å². The number of amides is 1. The Labute approximate surface area is 111 Å². The number of rotatable bonds is 4. The van der Waals surface area contributed by atoms with Gasteiger partial charge >= 0.3 is 0 Å². The second-order valence-electron chi connectivity index (χ2n) is 4.88. The molecule has 1 aliphatic rings. The van der Waals surface area contributed by atoms with Crippen molar-refractivity contribution in [1.82, 2.24) is 0 Å². The van der Waals surface area contributed by atoms with Gasteiger partial charge in [-0.15, -0.1) is 0 Å². The SMILES string of the molecule is NCC1(CC(=O)Nc2cccc(Cl)c2F)CCC1. The minimum Gasteiger partial charge on any atom is -0.330 e. The molecule has 5 heteroatoms. The Morgan fingerprint density at radius 3 is 2.78 bits per heavy atom. The van der Waals surface area contributed by atoms with E-state index in [0.29, 0.717) is 13.0 Å². The zero-order chi connectivity index (χ0) is 13.2. The molecule has 0 atom stereocenters. The van der Waals surface area contributed by atoms with Crippen LogP contribution in [0.4, 0.5) is 10.1 Å². The van der Waals surface area contributed by atoms with Crippen molar-refractivity contribution in [1.29, 1.82) is 0 Å². The lowest BCUT2D eigenvalue weighted by molar-refractivity contribution is -0.119. The highest BCUT2D eigenvalue weighted by Crippen LogP contribution is 2.43. The molecule has 0 spiro atoms. The molecule has 0 bridgehead atoms. The molecule has 3 N–H and O–H groups in total. The van der Waals surface area contributed by atoms with E-state index >= 15 is 0 Å². The lowest BCUT2D eigenvalue weighted by Gasteiger charge is -2.40. The first-order valence-corrected chi connectivity index (χ1v) is 6.38. The third-order valence-electron chi connectivity index (χ3n) is 3.61. The van der Waals surface area contributed by atoms with E-state index in [1.165, 1.54) is 12.1 Å². The van der Waals surface area contributed by atoms with Crippen molar-refractivity contribution in [3.05, 3.63) is 29.0 Å². The minimum absolute atomic E-state index is 0.00461. The largest absolute Gasteiger partial charge is 0.330 e. The summed E-state index contributed by atoms with van der Waals surface area (Å²) in [4.78, 5) is 11.9. The molecule has 1 aromatic carbocycles. The highest BCUT2D eigenvalue weighted by atomic mass is 35.5. The summed E-state index contributed by atoms with van der Waals surface area (Å²) in [7, 11) is 0. The second-order valence-corrected chi connectivity index (χ2v) is 5.29. The average Bonchev–Trinajstić information content (AvgIpc) is 2.30. The molecule has 1 amide bonds. The highest BCUT2D eigenvalue weighted by molar-refractivity contribution is 6.31. The number of hydrogen-bond acceptors (Lipinski definition) is 2. The van der Waals surface area contributed by atoms with Crippen LogP contribution in [0.3, 0.4) is 0 Å². The van der Waals surface area contributed by atoms with Gasteiger partial charge in [0.1, 0.15) is 0 Å². The maximum atomic E-state index is 13.6. The summed E-state index contributed by atoms with van der Waals surface area (Å²) in [5.41, 5.74) is 5.73. The van der Waals surface area contributed by atoms with Crippen molar-refractivity contribution in [3.63, 3.8) is 0 Å². The van der Waals surface area contributed by atoms with Crippen molar-refractivity contribution in [2.45, 2.75) is 25.7 Å². The van der Waals surface area contributed by atoms with Gasteiger partial charge < -0.3 is 11.1 Å². The Morgan fingerprint density at radius 1 is 1.50 bits per heavy atom. The van der Waals surface area contributed by atoms with E-state index in [0.717, 1.165) is 19.3 Å². The Bertz CT molecular complexity index is 455. The summed E-state index contributed by atoms with van der Waals surface area (Å²) < 4.78 is 13.6. The predicted molar refractivity (Wildman–Crippen MR) is 70.0 cm³/mol. The quantitative estimate of drug-likeness (QED) is 0.884. The van der Waals surface area contributed by atoms with Crippen molar-refractivity contribution >= 4 is 23.2 Å². The molecule has 18 heavy (non-hydrogen) atoms. The number of carbonyl (C=O) groups is 1. The first-order chi connectivity index (χ1) is 8.56. The maximum Gasteiger partial charge on any atom is 0.225 e. The molecule has 0 aromatic heterocycles. The number of hydrogen-bond donors (Lipinski definition) is 2. The number of benzene rings is 1. The molecule has 0 saturated heterocycles. The van der Waals surface area contributed by atoms with E-state index in [1.54, 1.807) is 6.07 Å². The van der Waals surface area contributed by atoms with Crippen LogP contribution >= 0.6 is 11.6 Å². The molecule has 1 saturated carbocycles. The smallest absolute Gasteiger partial charge is 0.225 e. The van der Waals surface area contributed by atoms with E-state index in [2.05, 4.69) is 5.32 Å². The number of carbonyl (C=O) groups excluding carboxylic acids is 1. The van der Waals surface area contributed by atoms with Gasteiger partial charge in [0.05, 0.1) is 10.7 Å². The fourth-order valence-corrected chi connectivity index (χ4v) is 2.44. The Morgan fingerprint density at radius 2 is 2.22 bits per heavy atom. The van der Waals surface area contributed by atoms with Crippen molar-refractivity contribution < 1.29 is 9.18 Å². The molecule has 0 unspecified atom stereocenters. The highest BCUT2D eigenvalue weighted by Gasteiger charge is 2.37. The molecule has 0 heterocycles. The van der Waals surface area contributed by atoms with Gasteiger partial charge in [0.2, 0.25) is 5.91 Å². The summed E-state index contributed by atoms with van der Waals surface area (Å²) in [5.74, 6) is -0.802. The first kappa shape index (κ1) is 13.3. The van der Waals surface area contributed by atoms with Gasteiger partial charge in [0.25, 0.3) is 0 Å². The minimum atomic E-state index is -0.595. The van der Waals surface area contributed by atoms with Gasteiger partial charge in [-0.1, -0.05) is 24.1 Å². The van der Waals surface area contributed by atoms with Crippen LogP contribution in [0.5, 0.6) is 0 Å². The maximum absolute atomic E-state index is 13.6. The van der Waals surface area contributed by atoms with Gasteiger partial charge in [-0.05, 0) is 36.9 Å².